The van der Waals surface area contributed by atoms with Gasteiger partial charge in [-0.15, -0.1) is 15.3 Å². The van der Waals surface area contributed by atoms with Crippen molar-refractivity contribution >= 4 is 27.7 Å². The molecule has 28 heavy (non-hydrogen) atoms. The fraction of sp³-hybridized carbons (Fsp3) is 0.278. The highest BCUT2D eigenvalue weighted by Gasteiger charge is 2.18. The number of hydrogen-bond acceptors (Lipinski definition) is 7. The van der Waals surface area contributed by atoms with E-state index in [2.05, 4.69) is 65.3 Å². The molecule has 144 valence electrons. The molecule has 3 heterocycles. The van der Waals surface area contributed by atoms with Crippen LogP contribution < -0.4 is 0 Å². The minimum absolute atomic E-state index is 0.613. The van der Waals surface area contributed by atoms with Crippen molar-refractivity contribution in [2.24, 2.45) is 0 Å². The van der Waals surface area contributed by atoms with Gasteiger partial charge >= 0.3 is 0 Å². The maximum absolute atomic E-state index is 5.71. The number of hydrogen-bond donors (Lipinski definition) is 0. The molecule has 10 heteroatoms. The summed E-state index contributed by atoms with van der Waals surface area (Å²) in [5.74, 6) is 2.79. The number of furan rings is 1. The summed E-state index contributed by atoms with van der Waals surface area (Å²) in [5, 5.41) is 21.5. The van der Waals surface area contributed by atoms with E-state index in [-0.39, 0.29) is 0 Å². The predicted molar refractivity (Wildman–Crippen MR) is 109 cm³/mol. The van der Waals surface area contributed by atoms with Gasteiger partial charge in [-0.25, -0.2) is 4.68 Å². The van der Waals surface area contributed by atoms with Crippen LogP contribution in [-0.4, -0.2) is 35.0 Å². The van der Waals surface area contributed by atoms with Crippen molar-refractivity contribution < 1.29 is 4.42 Å². The number of aryl methyl sites for hydroxylation is 1. The summed E-state index contributed by atoms with van der Waals surface area (Å²) >= 11 is 4.91. The van der Waals surface area contributed by atoms with Crippen molar-refractivity contribution in [3.8, 4) is 11.6 Å². The van der Waals surface area contributed by atoms with Crippen molar-refractivity contribution in [1.29, 1.82) is 0 Å². The van der Waals surface area contributed by atoms with Crippen molar-refractivity contribution in [3.05, 3.63) is 58.5 Å². The first-order valence-corrected chi connectivity index (χ1v) is 10.6. The van der Waals surface area contributed by atoms with E-state index in [0.29, 0.717) is 28.6 Å². The lowest BCUT2D eigenvalue weighted by atomic mass is 10.2. The average molecular weight is 460 g/mol. The molecule has 4 aromatic rings. The molecule has 0 aliphatic rings. The third-order valence-electron chi connectivity index (χ3n) is 4.07. The van der Waals surface area contributed by atoms with Crippen molar-refractivity contribution in [1.82, 2.24) is 35.0 Å². The van der Waals surface area contributed by atoms with Gasteiger partial charge in [0.2, 0.25) is 5.82 Å². The van der Waals surface area contributed by atoms with Crippen molar-refractivity contribution in [2.45, 2.75) is 37.3 Å². The predicted octanol–water partition coefficient (Wildman–Crippen LogP) is 4.04. The maximum Gasteiger partial charge on any atom is 0.200 e. The van der Waals surface area contributed by atoms with E-state index in [1.807, 2.05) is 35.0 Å². The molecule has 4 rings (SSSR count). The van der Waals surface area contributed by atoms with Gasteiger partial charge in [-0.2, -0.15) is 0 Å². The second-order valence-electron chi connectivity index (χ2n) is 6.09. The number of rotatable bonds is 8. The van der Waals surface area contributed by atoms with Gasteiger partial charge in [-0.05, 0) is 50.5 Å². The van der Waals surface area contributed by atoms with E-state index in [4.69, 9.17) is 4.42 Å². The third kappa shape index (κ3) is 4.17. The van der Waals surface area contributed by atoms with Crippen molar-refractivity contribution in [2.75, 3.05) is 0 Å². The second kappa shape index (κ2) is 8.70. The van der Waals surface area contributed by atoms with E-state index in [1.165, 1.54) is 0 Å². The zero-order chi connectivity index (χ0) is 19.3. The number of thioether (sulfide) groups is 1. The van der Waals surface area contributed by atoms with Crippen LogP contribution in [0.4, 0.5) is 0 Å². The van der Waals surface area contributed by atoms with Crippen LogP contribution in [0.25, 0.3) is 11.6 Å². The Morgan fingerprint density at radius 1 is 1.07 bits per heavy atom. The first kappa shape index (κ1) is 18.9. The Bertz CT molecular complexity index is 1040. The normalized spacial score (nSPS) is 11.2. The van der Waals surface area contributed by atoms with Gasteiger partial charge in [0.05, 0.1) is 12.3 Å². The molecule has 1 aromatic carbocycles. The molecular formula is C18H18BrN7OS. The average Bonchev–Trinajstić information content (AvgIpc) is 3.42. The lowest BCUT2D eigenvalue weighted by Gasteiger charge is -2.09. The van der Waals surface area contributed by atoms with Gasteiger partial charge in [0.25, 0.3) is 0 Å². The van der Waals surface area contributed by atoms with Crippen LogP contribution in [-0.2, 0) is 18.8 Å². The number of tetrazole rings is 1. The Hall–Kier alpha value is -2.46. The first-order valence-electron chi connectivity index (χ1n) is 8.85. The molecule has 8 nitrogen and oxygen atoms in total. The molecule has 0 radical (unpaired) electrons. The van der Waals surface area contributed by atoms with Crippen LogP contribution in [0.2, 0.25) is 0 Å². The quantitative estimate of drug-likeness (QED) is 0.367. The van der Waals surface area contributed by atoms with E-state index in [1.54, 1.807) is 11.8 Å². The van der Waals surface area contributed by atoms with E-state index >= 15 is 0 Å². The third-order valence-corrected chi connectivity index (χ3v) is 5.45. The lowest BCUT2D eigenvalue weighted by molar-refractivity contribution is 0.544. The smallest absolute Gasteiger partial charge is 0.200 e. The highest BCUT2D eigenvalue weighted by Crippen LogP contribution is 2.29. The summed E-state index contributed by atoms with van der Waals surface area (Å²) in [5.41, 5.74) is 1.16. The summed E-state index contributed by atoms with van der Waals surface area (Å²) in [6.45, 7) is 3.54. The fourth-order valence-corrected chi connectivity index (χ4v) is 3.94. The summed E-state index contributed by atoms with van der Waals surface area (Å²) < 4.78 is 10.3. The Morgan fingerprint density at radius 2 is 1.93 bits per heavy atom. The molecular weight excluding hydrogens is 442 g/mol. The molecule has 0 spiro atoms. The van der Waals surface area contributed by atoms with Crippen LogP contribution in [0, 0.1) is 0 Å². The van der Waals surface area contributed by atoms with Crippen LogP contribution in [0.15, 0.2) is 56.7 Å². The maximum atomic E-state index is 5.71. The van der Waals surface area contributed by atoms with Crippen LogP contribution >= 0.6 is 27.7 Å². The SMILES string of the molecule is CCCn1nnnc1CSc1nnc(-c2ccc(Br)o2)n1Cc1ccccc1. The molecule has 0 amide bonds. The molecule has 0 fully saturated rings. The molecule has 0 N–H and O–H groups in total. The Morgan fingerprint density at radius 3 is 2.68 bits per heavy atom. The molecule has 0 atom stereocenters. The number of aromatic nitrogens is 7. The second-order valence-corrected chi connectivity index (χ2v) is 7.81. The standard InChI is InChI=1S/C18H18BrN7OS/c1-2-10-26-16(20-23-24-26)12-28-18-22-21-17(14-8-9-15(19)27-14)25(18)11-13-6-4-3-5-7-13/h3-9H,2,10-12H2,1H3. The molecule has 0 bridgehead atoms. The highest BCUT2D eigenvalue weighted by atomic mass is 79.9. The fourth-order valence-electron chi connectivity index (χ4n) is 2.76. The minimum Gasteiger partial charge on any atom is -0.446 e. The molecule has 0 unspecified atom stereocenters. The summed E-state index contributed by atoms with van der Waals surface area (Å²) in [6.07, 6.45) is 0.977. The largest absolute Gasteiger partial charge is 0.446 e. The van der Waals surface area contributed by atoms with Crippen LogP contribution in [0.5, 0.6) is 0 Å². The minimum atomic E-state index is 0.613. The number of benzene rings is 1. The molecule has 0 aliphatic heterocycles. The molecule has 3 aromatic heterocycles. The van der Waals surface area contributed by atoms with Gasteiger partial charge in [0.1, 0.15) is 0 Å². The summed E-state index contributed by atoms with van der Waals surface area (Å²) in [7, 11) is 0. The molecule has 0 saturated carbocycles. The van der Waals surface area contributed by atoms with Gasteiger partial charge in [0.15, 0.2) is 21.4 Å². The van der Waals surface area contributed by atoms with Gasteiger partial charge in [-0.1, -0.05) is 49.0 Å². The topological polar surface area (TPSA) is 87.4 Å². The summed E-state index contributed by atoms with van der Waals surface area (Å²) in [6, 6.07) is 13.9. The van der Waals surface area contributed by atoms with Gasteiger partial charge in [-0.3, -0.25) is 4.57 Å². The number of halogens is 1. The zero-order valence-corrected chi connectivity index (χ0v) is 17.6. The van der Waals surface area contributed by atoms with Crippen LogP contribution in [0.1, 0.15) is 24.7 Å². The van der Waals surface area contributed by atoms with E-state index in [9.17, 15) is 0 Å². The van der Waals surface area contributed by atoms with E-state index in [0.717, 1.165) is 29.5 Å². The van der Waals surface area contributed by atoms with Crippen LogP contribution in [0.3, 0.4) is 0 Å². The lowest BCUT2D eigenvalue weighted by Crippen LogP contribution is -2.06. The van der Waals surface area contributed by atoms with Gasteiger partial charge in [0, 0.05) is 6.54 Å². The Balaban J connectivity index is 1.62. The monoisotopic (exact) mass is 459 g/mol. The van der Waals surface area contributed by atoms with Crippen molar-refractivity contribution in [3.63, 3.8) is 0 Å². The van der Waals surface area contributed by atoms with E-state index < -0.39 is 0 Å². The molecule has 0 saturated heterocycles. The van der Waals surface area contributed by atoms with Gasteiger partial charge < -0.3 is 4.42 Å². The first-order chi connectivity index (χ1) is 13.7. The number of nitrogens with zero attached hydrogens (tertiary/aromatic N) is 7. The molecule has 0 aliphatic carbocycles. The summed E-state index contributed by atoms with van der Waals surface area (Å²) in [4.78, 5) is 0. The Kier molecular flexibility index (Phi) is 5.87. The highest BCUT2D eigenvalue weighted by molar-refractivity contribution is 9.10. The Labute approximate surface area is 174 Å². The zero-order valence-electron chi connectivity index (χ0n) is 15.2.